The number of hydrogen-bond acceptors (Lipinski definition) is 3. The van der Waals surface area contributed by atoms with Crippen molar-refractivity contribution in [1.29, 1.82) is 0 Å². The molecule has 15 heavy (non-hydrogen) atoms. The van der Waals surface area contributed by atoms with Gasteiger partial charge in [0.2, 0.25) is 0 Å². The molecule has 2 aromatic heterocycles. The Morgan fingerprint density at radius 2 is 2.13 bits per heavy atom. The van der Waals surface area contributed by atoms with E-state index in [4.69, 9.17) is 5.73 Å². The molecule has 0 bridgehead atoms. The van der Waals surface area contributed by atoms with Crippen molar-refractivity contribution >= 4 is 16.3 Å². The summed E-state index contributed by atoms with van der Waals surface area (Å²) >= 11 is 1.68. The molecule has 0 atom stereocenters. The second-order valence-corrected chi connectivity index (χ2v) is 5.69. The van der Waals surface area contributed by atoms with Crippen molar-refractivity contribution in [2.45, 2.75) is 39.7 Å². The molecule has 2 heterocycles. The number of aromatic nitrogens is 2. The molecule has 0 fully saturated rings. The summed E-state index contributed by atoms with van der Waals surface area (Å²) in [7, 11) is 0. The number of nitrogens with zero attached hydrogens (tertiary/aromatic N) is 2. The maximum atomic E-state index is 5.83. The van der Waals surface area contributed by atoms with Crippen LogP contribution in [0.5, 0.6) is 0 Å². The fourth-order valence-corrected chi connectivity index (χ4v) is 2.74. The highest BCUT2D eigenvalue weighted by atomic mass is 32.1. The lowest BCUT2D eigenvalue weighted by Crippen LogP contribution is -2.17. The van der Waals surface area contributed by atoms with E-state index in [2.05, 4.69) is 42.5 Å². The van der Waals surface area contributed by atoms with Gasteiger partial charge in [0.25, 0.3) is 0 Å². The highest BCUT2D eigenvalue weighted by Crippen LogP contribution is 2.29. The third-order valence-corrected chi connectivity index (χ3v) is 3.48. The van der Waals surface area contributed by atoms with E-state index in [0.29, 0.717) is 6.54 Å². The second-order valence-electron chi connectivity index (χ2n) is 4.86. The van der Waals surface area contributed by atoms with Gasteiger partial charge < -0.3 is 5.73 Å². The smallest absolute Gasteiger partial charge is 0.194 e. The first-order valence-corrected chi connectivity index (χ1v) is 5.99. The maximum absolute atomic E-state index is 5.83. The zero-order chi connectivity index (χ0) is 11.2. The van der Waals surface area contributed by atoms with Crippen LogP contribution >= 0.6 is 11.3 Å². The molecule has 2 aromatic rings. The molecule has 2 rings (SSSR count). The van der Waals surface area contributed by atoms with E-state index >= 15 is 0 Å². The van der Waals surface area contributed by atoms with Gasteiger partial charge in [0.1, 0.15) is 0 Å². The molecule has 0 amide bonds. The molecule has 0 aliphatic carbocycles. The average Bonchev–Trinajstić information content (AvgIpc) is 2.65. The quantitative estimate of drug-likeness (QED) is 0.807. The van der Waals surface area contributed by atoms with E-state index < -0.39 is 0 Å². The van der Waals surface area contributed by atoms with Crippen LogP contribution in [0.2, 0.25) is 0 Å². The minimum Gasteiger partial charge on any atom is -0.325 e. The third kappa shape index (κ3) is 1.58. The largest absolute Gasteiger partial charge is 0.325 e. The lowest BCUT2D eigenvalue weighted by atomic mass is 9.91. The Kier molecular flexibility index (Phi) is 2.35. The molecule has 0 aromatic carbocycles. The highest BCUT2D eigenvalue weighted by molar-refractivity contribution is 7.15. The molecule has 0 spiro atoms. The third-order valence-electron chi connectivity index (χ3n) is 2.53. The van der Waals surface area contributed by atoms with Crippen molar-refractivity contribution in [2.75, 3.05) is 0 Å². The Balaban J connectivity index is 2.76. The van der Waals surface area contributed by atoms with Crippen molar-refractivity contribution in [1.82, 2.24) is 9.38 Å². The van der Waals surface area contributed by atoms with Crippen LogP contribution in [0.4, 0.5) is 0 Å². The fourth-order valence-electron chi connectivity index (χ4n) is 1.85. The van der Waals surface area contributed by atoms with Crippen LogP contribution in [-0.2, 0) is 12.0 Å². The Bertz CT molecular complexity index is 488. The zero-order valence-corrected chi connectivity index (χ0v) is 10.5. The molecule has 0 radical (unpaired) electrons. The van der Waals surface area contributed by atoms with Gasteiger partial charge in [0, 0.05) is 23.0 Å². The van der Waals surface area contributed by atoms with Crippen molar-refractivity contribution in [2.24, 2.45) is 5.73 Å². The summed E-state index contributed by atoms with van der Waals surface area (Å²) in [6, 6.07) is 0. The summed E-state index contributed by atoms with van der Waals surface area (Å²) in [5.41, 5.74) is 9.39. The minimum atomic E-state index is 0.0624. The van der Waals surface area contributed by atoms with Gasteiger partial charge >= 0.3 is 0 Å². The lowest BCUT2D eigenvalue weighted by Gasteiger charge is -2.17. The van der Waals surface area contributed by atoms with Crippen molar-refractivity contribution in [3.8, 4) is 0 Å². The predicted octanol–water partition coefficient (Wildman–Crippen LogP) is 2.46. The van der Waals surface area contributed by atoms with Gasteiger partial charge in [0.15, 0.2) is 4.96 Å². The second kappa shape index (κ2) is 3.32. The van der Waals surface area contributed by atoms with Crippen molar-refractivity contribution < 1.29 is 0 Å². The van der Waals surface area contributed by atoms with Crippen LogP contribution in [0.3, 0.4) is 0 Å². The van der Waals surface area contributed by atoms with Crippen molar-refractivity contribution in [3.63, 3.8) is 0 Å². The van der Waals surface area contributed by atoms with E-state index in [-0.39, 0.29) is 5.41 Å². The van der Waals surface area contributed by atoms with E-state index in [9.17, 15) is 0 Å². The van der Waals surface area contributed by atoms with Gasteiger partial charge in [-0.25, -0.2) is 4.98 Å². The van der Waals surface area contributed by atoms with Gasteiger partial charge in [-0.3, -0.25) is 4.40 Å². The average molecular weight is 223 g/mol. The van der Waals surface area contributed by atoms with Crippen LogP contribution in [0.1, 0.15) is 37.9 Å². The van der Waals surface area contributed by atoms with Gasteiger partial charge in [-0.15, -0.1) is 11.3 Å². The predicted molar refractivity (Wildman–Crippen MR) is 64.4 cm³/mol. The van der Waals surface area contributed by atoms with Crippen molar-refractivity contribution in [3.05, 3.63) is 22.5 Å². The van der Waals surface area contributed by atoms with Gasteiger partial charge in [-0.05, 0) is 6.92 Å². The summed E-state index contributed by atoms with van der Waals surface area (Å²) in [4.78, 5) is 5.73. The normalized spacial score (nSPS) is 12.6. The fraction of sp³-hybridized carbons (Fsp3) is 0.545. The lowest BCUT2D eigenvalue weighted by molar-refractivity contribution is 0.564. The van der Waals surface area contributed by atoms with E-state index in [1.54, 1.807) is 11.3 Å². The van der Waals surface area contributed by atoms with Gasteiger partial charge in [-0.1, -0.05) is 20.8 Å². The Morgan fingerprint density at radius 3 is 2.67 bits per heavy atom. The van der Waals surface area contributed by atoms with Crippen LogP contribution in [-0.4, -0.2) is 9.38 Å². The van der Waals surface area contributed by atoms with Crippen LogP contribution in [0, 0.1) is 6.92 Å². The molecular weight excluding hydrogens is 206 g/mol. The number of nitrogens with two attached hydrogens (primary N) is 1. The zero-order valence-electron chi connectivity index (χ0n) is 9.66. The van der Waals surface area contributed by atoms with Crippen LogP contribution < -0.4 is 5.73 Å². The summed E-state index contributed by atoms with van der Waals surface area (Å²) in [6.45, 7) is 9.16. The number of thiazole rings is 1. The van der Waals surface area contributed by atoms with Gasteiger partial charge in [-0.2, -0.15) is 0 Å². The first-order chi connectivity index (χ1) is 6.95. The summed E-state index contributed by atoms with van der Waals surface area (Å²) in [5.74, 6) is 0. The van der Waals surface area contributed by atoms with E-state index in [1.165, 1.54) is 5.69 Å². The number of rotatable bonds is 1. The first kappa shape index (κ1) is 10.6. The van der Waals surface area contributed by atoms with E-state index in [0.717, 1.165) is 16.3 Å². The van der Waals surface area contributed by atoms with Gasteiger partial charge in [0.05, 0.1) is 11.4 Å². The number of aryl methyl sites for hydroxylation is 1. The highest BCUT2D eigenvalue weighted by Gasteiger charge is 2.24. The van der Waals surface area contributed by atoms with Crippen LogP contribution in [0.15, 0.2) is 5.38 Å². The Hall–Kier alpha value is -0.870. The molecule has 0 saturated carbocycles. The molecule has 0 unspecified atom stereocenters. The molecule has 82 valence electrons. The SMILES string of the molecule is Cc1csc2nc(C(C)(C)C)c(CN)n12. The minimum absolute atomic E-state index is 0.0624. The maximum Gasteiger partial charge on any atom is 0.194 e. The number of fused-ring (bicyclic) bond motifs is 1. The standard InChI is InChI=1S/C11H17N3S/c1-7-6-15-10-13-9(11(2,3)4)8(5-12)14(7)10/h6H,5,12H2,1-4H3. The summed E-state index contributed by atoms with van der Waals surface area (Å²) < 4.78 is 2.17. The number of hydrogen-bond donors (Lipinski definition) is 1. The molecule has 2 N–H and O–H groups in total. The molecule has 0 aliphatic heterocycles. The first-order valence-electron chi connectivity index (χ1n) is 5.11. The molecule has 4 heteroatoms. The van der Waals surface area contributed by atoms with Crippen LogP contribution in [0.25, 0.3) is 4.96 Å². The van der Waals surface area contributed by atoms with E-state index in [1.807, 2.05) is 0 Å². The molecule has 0 saturated heterocycles. The Labute approximate surface area is 93.9 Å². The summed E-state index contributed by atoms with van der Waals surface area (Å²) in [6.07, 6.45) is 0. The monoisotopic (exact) mass is 223 g/mol. The summed E-state index contributed by atoms with van der Waals surface area (Å²) in [5, 5.41) is 2.12. The Morgan fingerprint density at radius 1 is 1.47 bits per heavy atom. The molecular formula is C11H17N3S. The topological polar surface area (TPSA) is 43.3 Å². The number of imidazole rings is 1. The molecule has 3 nitrogen and oxygen atoms in total. The molecule has 0 aliphatic rings.